The van der Waals surface area contributed by atoms with E-state index in [-0.39, 0.29) is 103 Å². The number of carbonyl (C=O) groups is 6. The molecule has 2 aliphatic heterocycles. The zero-order chi connectivity index (χ0) is 49.9. The second-order valence-corrected chi connectivity index (χ2v) is 24.0. The maximum atomic E-state index is 14.1. The van der Waals surface area contributed by atoms with Crippen molar-refractivity contribution in [3.8, 4) is 10.4 Å². The number of cyclic esters (lactones) is 1. The number of ketones is 1. The number of amides is 3. The molecule has 0 spiro atoms. The van der Waals surface area contributed by atoms with Crippen molar-refractivity contribution >= 4 is 57.7 Å². The number of esters is 1. The maximum Gasteiger partial charge on any atom is 0.306 e. The van der Waals surface area contributed by atoms with Gasteiger partial charge in [-0.25, -0.2) is 0 Å². The van der Waals surface area contributed by atoms with E-state index in [0.717, 1.165) is 42.4 Å². The Labute approximate surface area is 415 Å². The van der Waals surface area contributed by atoms with Gasteiger partial charge in [0, 0.05) is 41.3 Å². The highest BCUT2D eigenvalue weighted by Gasteiger charge is 2.60. The lowest BCUT2D eigenvalue weighted by molar-refractivity contribution is -0.165. The van der Waals surface area contributed by atoms with E-state index in [9.17, 15) is 33.9 Å². The van der Waals surface area contributed by atoms with Crippen LogP contribution in [0.15, 0.2) is 47.4 Å². The number of carbonyl (C=O) groups excluding carboxylic acids is 6. The third-order valence-electron chi connectivity index (χ3n) is 16.0. The number of allylic oxidation sites excluding steroid dienone is 2. The molecule has 1 aromatic heterocycles. The number of rotatable bonds is 18. The minimum atomic E-state index is -0.993. The van der Waals surface area contributed by atoms with Gasteiger partial charge in [0.1, 0.15) is 30.9 Å². The smallest absolute Gasteiger partial charge is 0.306 e. The fourth-order valence-electron chi connectivity index (χ4n) is 11.6. The van der Waals surface area contributed by atoms with Crippen molar-refractivity contribution in [2.24, 2.45) is 28.1 Å². The molecule has 378 valence electrons. The Morgan fingerprint density at radius 2 is 1.64 bits per heavy atom. The van der Waals surface area contributed by atoms with Gasteiger partial charge in [0.05, 0.1) is 38.6 Å². The van der Waals surface area contributed by atoms with Crippen molar-refractivity contribution < 1.29 is 52.8 Å². The maximum absolute atomic E-state index is 14.1. The first-order valence-corrected chi connectivity index (χ1v) is 26.5. The number of nitrogens with zero attached hydrogens (tertiary/aromatic N) is 1. The Balaban J connectivity index is 0.822. The van der Waals surface area contributed by atoms with Crippen molar-refractivity contribution in [2.45, 2.75) is 148 Å². The van der Waals surface area contributed by atoms with Crippen LogP contribution in [0.1, 0.15) is 123 Å². The minimum absolute atomic E-state index is 0.0132. The summed E-state index contributed by atoms with van der Waals surface area (Å²) in [7, 11) is 0. The van der Waals surface area contributed by atoms with Crippen LogP contribution >= 0.6 is 23.1 Å². The fraction of sp³-hybridized carbons (Fsp3) is 0.660. The average molecular weight is 992 g/mol. The molecule has 2 saturated carbocycles. The van der Waals surface area contributed by atoms with Crippen LogP contribution in [-0.2, 0) is 47.7 Å². The molecule has 7 rings (SSSR count). The first-order chi connectivity index (χ1) is 32.6. The van der Waals surface area contributed by atoms with Gasteiger partial charge in [-0.15, -0.1) is 11.3 Å². The Bertz CT molecular complexity index is 2260. The number of aliphatic hydroxyl groups excluding tert-OH is 1. The van der Waals surface area contributed by atoms with Crippen LogP contribution in [0.5, 0.6) is 0 Å². The zero-order valence-corrected chi connectivity index (χ0v) is 43.3. The Kier molecular flexibility index (Phi) is 16.7. The highest BCUT2D eigenvalue weighted by molar-refractivity contribution is 8.14. The molecule has 0 radical (unpaired) electrons. The van der Waals surface area contributed by atoms with Crippen molar-refractivity contribution in [1.29, 1.82) is 0 Å². The number of aryl methyl sites for hydroxylation is 1. The van der Waals surface area contributed by atoms with Gasteiger partial charge in [0.25, 0.3) is 0 Å². The molecule has 4 fully saturated rings. The van der Waals surface area contributed by atoms with E-state index in [1.165, 1.54) is 27.1 Å². The molecule has 5 aliphatic rings. The number of β-amino-alcohol motifs (C(OH)–C–C–N with tert-alkyl or cyclic N) is 1. The molecule has 3 aliphatic carbocycles. The first-order valence-electron chi connectivity index (χ1n) is 24.7. The molecule has 69 heavy (non-hydrogen) atoms. The van der Waals surface area contributed by atoms with Crippen molar-refractivity contribution in [3.05, 3.63) is 58.5 Å². The van der Waals surface area contributed by atoms with Gasteiger partial charge < -0.3 is 39.6 Å². The van der Waals surface area contributed by atoms with Gasteiger partial charge in [-0.1, -0.05) is 76.2 Å². The van der Waals surface area contributed by atoms with Crippen LogP contribution in [0.4, 0.5) is 0 Å². The lowest BCUT2D eigenvalue weighted by atomic mass is 9.48. The summed E-state index contributed by atoms with van der Waals surface area (Å²) in [4.78, 5) is 81.7. The number of hydrogen-bond donors (Lipinski definition) is 3. The molecule has 2 aromatic rings. The largest absolute Gasteiger partial charge is 0.459 e. The summed E-state index contributed by atoms with van der Waals surface area (Å²) in [6, 6.07) is 7.87. The topological polar surface area (TPSA) is 187 Å². The van der Waals surface area contributed by atoms with Gasteiger partial charge in [0.15, 0.2) is 5.78 Å². The predicted molar refractivity (Wildman–Crippen MR) is 265 cm³/mol. The number of benzene rings is 1. The molecule has 3 N–H and O–H groups in total. The highest BCUT2D eigenvalue weighted by atomic mass is 32.2. The van der Waals surface area contributed by atoms with Crippen molar-refractivity contribution in [2.75, 3.05) is 46.2 Å². The number of nitrogens with one attached hydrogen (secondary N) is 2. The number of hydrogen-bond acceptors (Lipinski definition) is 13. The van der Waals surface area contributed by atoms with Crippen LogP contribution in [-0.4, -0.2) is 120 Å². The second kappa shape index (κ2) is 21.8. The predicted octanol–water partition coefficient (Wildman–Crippen LogP) is 7.29. The van der Waals surface area contributed by atoms with E-state index in [4.69, 9.17) is 18.9 Å². The fourth-order valence-corrected chi connectivity index (χ4v) is 13.7. The minimum Gasteiger partial charge on any atom is -0.459 e. The molecule has 10 atom stereocenters. The SMILES string of the molecule is Cc1ccsc1-c1ccc([C@H](C)NC(=O)[C@@H]2C[C@@H](O)CN2C(=O)[C@@H](NC(=O)COCCOCCOCC(=O)S[C@@H]2CC3=CC(=O)CCC3(C)C3CCC(C)([C@@]4(C)CCC(=O)O4)CC32)C(C)(C)C)cc1. The summed E-state index contributed by atoms with van der Waals surface area (Å²) < 4.78 is 23.0. The van der Waals surface area contributed by atoms with Crippen LogP contribution in [0.3, 0.4) is 0 Å². The summed E-state index contributed by atoms with van der Waals surface area (Å²) in [6.45, 7) is 16.3. The van der Waals surface area contributed by atoms with Crippen molar-refractivity contribution in [1.82, 2.24) is 15.5 Å². The number of ether oxygens (including phenoxy) is 4. The van der Waals surface area contributed by atoms with E-state index in [0.29, 0.717) is 31.6 Å². The molecular weight excluding hydrogens is 919 g/mol. The van der Waals surface area contributed by atoms with E-state index in [1.54, 1.807) is 11.3 Å². The lowest BCUT2D eigenvalue weighted by Gasteiger charge is -2.59. The van der Waals surface area contributed by atoms with Crippen molar-refractivity contribution in [3.63, 3.8) is 0 Å². The first kappa shape index (κ1) is 52.9. The van der Waals surface area contributed by atoms with Gasteiger partial charge in [-0.2, -0.15) is 0 Å². The average Bonchev–Trinajstić information content (AvgIpc) is 4.02. The summed E-state index contributed by atoms with van der Waals surface area (Å²) in [5, 5.41) is 18.5. The van der Waals surface area contributed by atoms with Gasteiger partial charge in [0.2, 0.25) is 22.8 Å². The third kappa shape index (κ3) is 12.1. The number of fused-ring (bicyclic) bond motifs is 3. The molecule has 14 nitrogen and oxygen atoms in total. The second-order valence-electron chi connectivity index (χ2n) is 21.8. The lowest BCUT2D eigenvalue weighted by Crippen LogP contribution is -2.58. The summed E-state index contributed by atoms with van der Waals surface area (Å²) in [5.74, 6) is -0.767. The zero-order valence-electron chi connectivity index (χ0n) is 41.7. The van der Waals surface area contributed by atoms with Crippen LogP contribution in [0, 0.1) is 35.0 Å². The quantitative estimate of drug-likeness (QED) is 0.100. The summed E-state index contributed by atoms with van der Waals surface area (Å²) in [6.07, 6.45) is 6.97. The summed E-state index contributed by atoms with van der Waals surface area (Å²) >= 11 is 3.00. The third-order valence-corrected chi connectivity index (χ3v) is 18.2. The van der Waals surface area contributed by atoms with Gasteiger partial charge >= 0.3 is 5.97 Å². The van der Waals surface area contributed by atoms with Gasteiger partial charge in [-0.05, 0) is 116 Å². The monoisotopic (exact) mass is 991 g/mol. The van der Waals surface area contributed by atoms with Crippen LogP contribution in [0.2, 0.25) is 0 Å². The molecular formula is C53H73N3O11S2. The number of thioether (sulfide) groups is 1. The molecule has 16 heteroatoms. The van der Waals surface area contributed by atoms with Crippen LogP contribution in [0.25, 0.3) is 10.4 Å². The Morgan fingerprint density at radius 1 is 0.942 bits per heavy atom. The normalized spacial score (nSPS) is 29.9. The van der Waals surface area contributed by atoms with E-state index in [1.807, 2.05) is 58.0 Å². The molecule has 3 amide bonds. The molecule has 0 bridgehead atoms. The standard InChI is InChI=1S/C53H73N3O11S2/c1-32-16-24-68-46(32)35-11-9-34(10-12-35)33(2)54-48(62)41-27-38(58)29-56(41)49(63)47(50(3,4)5)55-43(59)30-65-22-20-64-21-23-66-31-45(61)69-42-26-36-25-37(57)13-18-52(36,7)40-14-17-51(6,28-39(40)42)53(8)19-15-44(60)67-53/h9-12,16,24-25,33,38-42,47,58H,13-15,17-23,26-31H2,1-8H3,(H,54,62)(H,55,59)/t33-,38+,39?,40?,41-,42+,47+,51?,52?,53+/m0/s1. The number of aliphatic hydroxyl groups is 1. The van der Waals surface area contributed by atoms with Crippen LogP contribution < -0.4 is 10.6 Å². The van der Waals surface area contributed by atoms with E-state index < -0.39 is 41.0 Å². The number of thiophene rings is 1. The van der Waals surface area contributed by atoms with E-state index >= 15 is 0 Å². The van der Waals surface area contributed by atoms with E-state index in [2.05, 4.69) is 49.8 Å². The Hall–Kier alpha value is -3.93. The number of likely N-dealkylation sites (tertiary alicyclic amines) is 1. The molecule has 2 saturated heterocycles. The Morgan fingerprint density at radius 3 is 2.29 bits per heavy atom. The molecule has 4 unspecified atom stereocenters. The summed E-state index contributed by atoms with van der Waals surface area (Å²) in [5.41, 5.74) is 2.83. The van der Waals surface area contributed by atoms with Gasteiger partial charge in [-0.3, -0.25) is 28.8 Å². The molecule has 3 heterocycles. The highest BCUT2D eigenvalue weighted by Crippen LogP contribution is 2.64. The molecule has 1 aromatic carbocycles.